The molecule has 0 aliphatic heterocycles. The number of hydrogen-bond donors (Lipinski definition) is 1. The van der Waals surface area contributed by atoms with Crippen LogP contribution in [0.2, 0.25) is 0 Å². The average Bonchev–Trinajstić information content (AvgIpc) is 2.75. The summed E-state index contributed by atoms with van der Waals surface area (Å²) in [6, 6.07) is 16.5. The molecule has 0 aromatic heterocycles. The van der Waals surface area contributed by atoms with Gasteiger partial charge in [0.25, 0.3) is 0 Å². The predicted octanol–water partition coefficient (Wildman–Crippen LogP) is 5.15. The molecule has 0 aliphatic carbocycles. The molecule has 0 fully saturated rings. The van der Waals surface area contributed by atoms with Crippen LogP contribution in [0.4, 0.5) is 5.69 Å². The smallest absolute Gasteiger partial charge is 0.243 e. The van der Waals surface area contributed by atoms with Gasteiger partial charge in [-0.1, -0.05) is 57.0 Å². The number of hydrogen-bond acceptors (Lipinski definition) is 4. The molecular weight excluding hydrogens is 416 g/mol. The molecule has 7 heteroatoms. The van der Waals surface area contributed by atoms with Crippen molar-refractivity contribution in [2.45, 2.75) is 50.2 Å². The van der Waals surface area contributed by atoms with Crippen LogP contribution in [0.3, 0.4) is 0 Å². The van der Waals surface area contributed by atoms with Gasteiger partial charge in [0.2, 0.25) is 15.9 Å². The van der Waals surface area contributed by atoms with Gasteiger partial charge in [-0.15, -0.1) is 11.8 Å². The largest absolute Gasteiger partial charge is 0.325 e. The molecule has 0 atom stereocenters. The van der Waals surface area contributed by atoms with Gasteiger partial charge < -0.3 is 5.32 Å². The van der Waals surface area contributed by atoms with Crippen LogP contribution in [-0.4, -0.2) is 37.5 Å². The molecule has 2 aromatic carbocycles. The molecular formula is C23H32N2O3S2. The molecule has 2 rings (SSSR count). The summed E-state index contributed by atoms with van der Waals surface area (Å²) in [4.78, 5) is 12.4. The lowest BCUT2D eigenvalue weighted by molar-refractivity contribution is -0.113. The second kappa shape index (κ2) is 12.8. The molecule has 1 N–H and O–H groups in total. The van der Waals surface area contributed by atoms with E-state index in [0.717, 1.165) is 31.4 Å². The van der Waals surface area contributed by atoms with Crippen LogP contribution < -0.4 is 5.32 Å². The predicted molar refractivity (Wildman–Crippen MR) is 126 cm³/mol. The molecule has 2 aromatic rings. The number of anilines is 1. The van der Waals surface area contributed by atoms with E-state index in [9.17, 15) is 13.2 Å². The van der Waals surface area contributed by atoms with Crippen molar-refractivity contribution in [1.29, 1.82) is 0 Å². The number of nitrogens with one attached hydrogen (secondary N) is 1. The molecule has 0 saturated carbocycles. The van der Waals surface area contributed by atoms with Gasteiger partial charge in [0.1, 0.15) is 0 Å². The van der Waals surface area contributed by atoms with Crippen LogP contribution >= 0.6 is 11.8 Å². The Labute approximate surface area is 185 Å². The number of unbranched alkanes of at least 4 members (excludes halogenated alkanes) is 2. The third-order valence-electron chi connectivity index (χ3n) is 4.64. The van der Waals surface area contributed by atoms with Crippen molar-refractivity contribution in [3.63, 3.8) is 0 Å². The molecule has 0 saturated heterocycles. The van der Waals surface area contributed by atoms with Gasteiger partial charge in [-0.05, 0) is 42.7 Å². The summed E-state index contributed by atoms with van der Waals surface area (Å²) in [6.07, 6.45) is 3.59. The number of carbonyl (C=O) groups excluding carboxylic acids is 1. The number of thioether (sulfide) groups is 1. The minimum absolute atomic E-state index is 0.0981. The van der Waals surface area contributed by atoms with Crippen molar-refractivity contribution in [3.05, 3.63) is 60.2 Å². The SMILES string of the molecule is CCCCN(CCCC)S(=O)(=O)c1ccc(NC(=O)CSCc2ccccc2)cc1. The first-order valence-corrected chi connectivity index (χ1v) is 13.1. The van der Waals surface area contributed by atoms with E-state index in [1.54, 1.807) is 40.3 Å². The van der Waals surface area contributed by atoms with Gasteiger partial charge in [0.05, 0.1) is 10.6 Å². The second-order valence-corrected chi connectivity index (χ2v) is 10.1. The first-order valence-electron chi connectivity index (χ1n) is 10.5. The fourth-order valence-corrected chi connectivity index (χ4v) is 5.22. The molecule has 0 spiro atoms. The first kappa shape index (κ1) is 24.4. The van der Waals surface area contributed by atoms with E-state index in [1.807, 2.05) is 30.3 Å². The number of rotatable bonds is 13. The summed E-state index contributed by atoms with van der Waals surface area (Å²) < 4.78 is 27.6. The van der Waals surface area contributed by atoms with Crippen LogP contribution in [0.15, 0.2) is 59.5 Å². The molecule has 0 unspecified atom stereocenters. The molecule has 0 radical (unpaired) electrons. The quantitative estimate of drug-likeness (QED) is 0.460. The van der Waals surface area contributed by atoms with Gasteiger partial charge in [-0.3, -0.25) is 4.79 Å². The summed E-state index contributed by atoms with van der Waals surface area (Å²) in [5.41, 5.74) is 1.79. The van der Waals surface area contributed by atoms with Crippen molar-refractivity contribution >= 4 is 33.4 Å². The molecule has 0 bridgehead atoms. The zero-order valence-corrected chi connectivity index (χ0v) is 19.5. The van der Waals surface area contributed by atoms with Crippen LogP contribution in [0.5, 0.6) is 0 Å². The highest BCUT2D eigenvalue weighted by molar-refractivity contribution is 7.99. The lowest BCUT2D eigenvalue weighted by Crippen LogP contribution is -2.33. The number of carbonyl (C=O) groups is 1. The Bertz CT molecular complexity index is 861. The standard InChI is InChI=1S/C23H32N2O3S2/c1-3-5-16-25(17-6-4-2)30(27,28)22-14-12-21(13-15-22)24-23(26)19-29-18-20-10-8-7-9-11-20/h7-15H,3-6,16-19H2,1-2H3,(H,24,26). The van der Waals surface area contributed by atoms with Gasteiger partial charge >= 0.3 is 0 Å². The van der Waals surface area contributed by atoms with Crippen molar-refractivity contribution in [1.82, 2.24) is 4.31 Å². The Morgan fingerprint density at radius 3 is 2.10 bits per heavy atom. The maximum Gasteiger partial charge on any atom is 0.243 e. The minimum Gasteiger partial charge on any atom is -0.325 e. The van der Waals surface area contributed by atoms with E-state index in [-0.39, 0.29) is 10.8 Å². The third kappa shape index (κ3) is 7.78. The Balaban J connectivity index is 1.92. The van der Waals surface area contributed by atoms with E-state index in [2.05, 4.69) is 19.2 Å². The van der Waals surface area contributed by atoms with Crippen LogP contribution in [-0.2, 0) is 20.6 Å². The first-order chi connectivity index (χ1) is 14.5. The van der Waals surface area contributed by atoms with Crippen molar-refractivity contribution in [3.8, 4) is 0 Å². The number of amides is 1. The fraction of sp³-hybridized carbons (Fsp3) is 0.435. The Hall–Kier alpha value is -1.83. The monoisotopic (exact) mass is 448 g/mol. The van der Waals surface area contributed by atoms with Gasteiger partial charge in [-0.2, -0.15) is 4.31 Å². The van der Waals surface area contributed by atoms with Crippen LogP contribution in [0.1, 0.15) is 45.1 Å². The molecule has 0 heterocycles. The number of benzene rings is 2. The highest BCUT2D eigenvalue weighted by Gasteiger charge is 2.23. The summed E-state index contributed by atoms with van der Waals surface area (Å²) in [5.74, 6) is 1.02. The van der Waals surface area contributed by atoms with Crippen LogP contribution in [0.25, 0.3) is 0 Å². The number of nitrogens with zero attached hydrogens (tertiary/aromatic N) is 1. The van der Waals surface area contributed by atoms with E-state index in [4.69, 9.17) is 0 Å². The fourth-order valence-electron chi connectivity index (χ4n) is 2.91. The summed E-state index contributed by atoms with van der Waals surface area (Å²) in [6.45, 7) is 5.19. The van der Waals surface area contributed by atoms with Crippen molar-refractivity contribution in [2.75, 3.05) is 24.2 Å². The van der Waals surface area contributed by atoms with Crippen molar-refractivity contribution < 1.29 is 13.2 Å². The second-order valence-electron chi connectivity index (χ2n) is 7.16. The van der Waals surface area contributed by atoms with Gasteiger partial charge in [-0.25, -0.2) is 8.42 Å². The van der Waals surface area contributed by atoms with E-state index in [1.165, 1.54) is 5.56 Å². The zero-order valence-electron chi connectivity index (χ0n) is 17.8. The molecule has 30 heavy (non-hydrogen) atoms. The van der Waals surface area contributed by atoms with E-state index >= 15 is 0 Å². The summed E-state index contributed by atoms with van der Waals surface area (Å²) in [7, 11) is -3.52. The molecule has 1 amide bonds. The van der Waals surface area contributed by atoms with E-state index < -0.39 is 10.0 Å². The Morgan fingerprint density at radius 1 is 0.933 bits per heavy atom. The highest BCUT2D eigenvalue weighted by Crippen LogP contribution is 2.20. The lowest BCUT2D eigenvalue weighted by Gasteiger charge is -2.22. The summed E-state index contributed by atoms with van der Waals surface area (Å²) in [5, 5.41) is 2.84. The Kier molecular flexibility index (Phi) is 10.4. The number of sulfonamides is 1. The van der Waals surface area contributed by atoms with Crippen molar-refractivity contribution in [2.24, 2.45) is 0 Å². The van der Waals surface area contributed by atoms with Gasteiger partial charge in [0, 0.05) is 24.5 Å². The lowest BCUT2D eigenvalue weighted by atomic mass is 10.2. The van der Waals surface area contributed by atoms with Crippen LogP contribution in [0, 0.1) is 0 Å². The molecule has 0 aliphatic rings. The normalized spacial score (nSPS) is 11.6. The summed E-state index contributed by atoms with van der Waals surface area (Å²) >= 11 is 1.55. The van der Waals surface area contributed by atoms with E-state index in [0.29, 0.717) is 24.5 Å². The third-order valence-corrected chi connectivity index (χ3v) is 7.56. The molecule has 164 valence electrons. The van der Waals surface area contributed by atoms with Gasteiger partial charge in [0.15, 0.2) is 0 Å². The average molecular weight is 449 g/mol. The minimum atomic E-state index is -3.52. The maximum atomic E-state index is 13.0. The topological polar surface area (TPSA) is 66.5 Å². The Morgan fingerprint density at radius 2 is 1.53 bits per heavy atom. The molecule has 5 nitrogen and oxygen atoms in total. The zero-order chi connectivity index (χ0) is 21.8. The highest BCUT2D eigenvalue weighted by atomic mass is 32.2. The maximum absolute atomic E-state index is 13.0.